The highest BCUT2D eigenvalue weighted by Gasteiger charge is 2.32. The van der Waals surface area contributed by atoms with Crippen LogP contribution in [-0.4, -0.2) is 17.6 Å². The van der Waals surface area contributed by atoms with Gasteiger partial charge in [-0.3, -0.25) is 13.6 Å². The van der Waals surface area contributed by atoms with Crippen molar-refractivity contribution < 1.29 is 8.63 Å². The van der Waals surface area contributed by atoms with Gasteiger partial charge in [0.2, 0.25) is 0 Å². The fourth-order valence-corrected chi connectivity index (χ4v) is 5.00. The Bertz CT molecular complexity index is 1120. The molecule has 5 heteroatoms. The standard InChI is InChI=1S/C27H35BF2N2/c1-10-22-16(3)25(31-18(22)5)24(20-12-14-21(15-13-20)27(7,8)9)26-17(4)23(11-2)19(6)32(26)28(29)30/h12-15H,10-11H2,1-9H3/b25-24-. The van der Waals surface area contributed by atoms with E-state index in [1.165, 1.54) is 15.6 Å². The molecule has 1 aromatic carbocycles. The molecule has 3 rings (SSSR count). The molecule has 0 saturated carbocycles. The lowest BCUT2D eigenvalue weighted by Gasteiger charge is -2.21. The van der Waals surface area contributed by atoms with E-state index in [9.17, 15) is 8.63 Å². The zero-order valence-electron chi connectivity index (χ0n) is 21.0. The van der Waals surface area contributed by atoms with Gasteiger partial charge < -0.3 is 4.48 Å². The molecule has 2 nitrogen and oxygen atoms in total. The third-order valence-electron chi connectivity index (χ3n) is 6.79. The SMILES string of the molecule is CCC1=C(C)/C(=C(\c2ccc(C(C)(C)C)cc2)c2c(C)c(CC)c(C)n2B(F)F)N=C1C. The topological polar surface area (TPSA) is 17.3 Å². The summed E-state index contributed by atoms with van der Waals surface area (Å²) in [6.07, 6.45) is 1.59. The Hall–Kier alpha value is -2.43. The monoisotopic (exact) mass is 436 g/mol. The Kier molecular flexibility index (Phi) is 6.69. The Morgan fingerprint density at radius 3 is 2.00 bits per heavy atom. The van der Waals surface area contributed by atoms with Gasteiger partial charge in [-0.15, -0.1) is 0 Å². The zero-order valence-corrected chi connectivity index (χ0v) is 21.0. The maximum Gasteiger partial charge on any atom is 0.677 e. The van der Waals surface area contributed by atoms with Crippen molar-refractivity contribution in [3.05, 3.63) is 74.8 Å². The molecule has 32 heavy (non-hydrogen) atoms. The van der Waals surface area contributed by atoms with E-state index in [0.29, 0.717) is 17.8 Å². The normalized spacial score (nSPS) is 16.0. The molecule has 0 aliphatic carbocycles. The lowest BCUT2D eigenvalue weighted by atomic mass is 9.85. The Balaban J connectivity index is 2.43. The van der Waals surface area contributed by atoms with E-state index in [4.69, 9.17) is 4.99 Å². The molecule has 0 atom stereocenters. The van der Waals surface area contributed by atoms with Gasteiger partial charge in [0, 0.05) is 22.7 Å². The smallest absolute Gasteiger partial charge is 0.329 e. The maximum absolute atomic E-state index is 14.4. The van der Waals surface area contributed by atoms with Gasteiger partial charge in [-0.05, 0) is 79.4 Å². The summed E-state index contributed by atoms with van der Waals surface area (Å²) in [7, 11) is -2.62. The van der Waals surface area contributed by atoms with E-state index in [2.05, 4.69) is 58.9 Å². The van der Waals surface area contributed by atoms with Crippen LogP contribution in [0.5, 0.6) is 0 Å². The van der Waals surface area contributed by atoms with Crippen molar-refractivity contribution in [3.8, 4) is 0 Å². The molecule has 0 bridgehead atoms. The van der Waals surface area contributed by atoms with Gasteiger partial charge in [0.25, 0.3) is 0 Å². The van der Waals surface area contributed by atoms with Crippen LogP contribution in [-0.2, 0) is 11.8 Å². The number of hydrogen-bond acceptors (Lipinski definition) is 1. The molecule has 0 amide bonds. The predicted octanol–water partition coefficient (Wildman–Crippen LogP) is 7.70. The first-order chi connectivity index (χ1) is 14.9. The lowest BCUT2D eigenvalue weighted by Crippen LogP contribution is -2.18. The van der Waals surface area contributed by atoms with Crippen molar-refractivity contribution in [1.82, 2.24) is 4.48 Å². The first-order valence-electron chi connectivity index (χ1n) is 11.5. The van der Waals surface area contributed by atoms with Crippen LogP contribution < -0.4 is 0 Å². The second-order valence-corrected chi connectivity index (χ2v) is 9.74. The number of aromatic nitrogens is 1. The van der Waals surface area contributed by atoms with Crippen LogP contribution in [0.4, 0.5) is 8.63 Å². The number of rotatable bonds is 5. The molecule has 1 aliphatic heterocycles. The van der Waals surface area contributed by atoms with E-state index in [1.807, 2.05) is 20.8 Å². The van der Waals surface area contributed by atoms with Crippen LogP contribution >= 0.6 is 0 Å². The fraction of sp³-hybridized carbons (Fsp3) is 0.444. The summed E-state index contributed by atoms with van der Waals surface area (Å²) in [6, 6.07) is 8.35. The number of hydrogen-bond donors (Lipinski definition) is 0. The molecule has 0 N–H and O–H groups in total. The Morgan fingerprint density at radius 1 is 0.969 bits per heavy atom. The highest BCUT2D eigenvalue weighted by Crippen LogP contribution is 2.41. The largest absolute Gasteiger partial charge is 0.677 e. The number of allylic oxidation sites excluding steroid dienone is 2. The molecule has 0 fully saturated rings. The van der Waals surface area contributed by atoms with E-state index in [-0.39, 0.29) is 5.41 Å². The van der Waals surface area contributed by atoms with Gasteiger partial charge in [0.15, 0.2) is 0 Å². The quantitative estimate of drug-likeness (QED) is 0.428. The van der Waals surface area contributed by atoms with Crippen LogP contribution in [0.1, 0.15) is 88.5 Å². The van der Waals surface area contributed by atoms with Crippen molar-refractivity contribution in [3.63, 3.8) is 0 Å². The molecule has 0 spiro atoms. The van der Waals surface area contributed by atoms with Gasteiger partial charge in [-0.25, -0.2) is 0 Å². The minimum absolute atomic E-state index is 0.0181. The number of benzene rings is 1. The molecule has 0 radical (unpaired) electrons. The van der Waals surface area contributed by atoms with Crippen molar-refractivity contribution in [2.75, 3.05) is 0 Å². The summed E-state index contributed by atoms with van der Waals surface area (Å²) in [6.45, 7) is 18.5. The summed E-state index contributed by atoms with van der Waals surface area (Å²) in [4.78, 5) is 4.92. The predicted molar refractivity (Wildman–Crippen MR) is 134 cm³/mol. The first kappa shape index (κ1) is 24.2. The van der Waals surface area contributed by atoms with Crippen molar-refractivity contribution in [2.45, 2.75) is 80.6 Å². The Labute approximate surface area is 192 Å². The van der Waals surface area contributed by atoms with E-state index >= 15 is 0 Å². The summed E-state index contributed by atoms with van der Waals surface area (Å²) < 4.78 is 30.0. The van der Waals surface area contributed by atoms with Gasteiger partial charge in [-0.1, -0.05) is 58.9 Å². The van der Waals surface area contributed by atoms with Crippen LogP contribution in [0.15, 0.2) is 46.1 Å². The fourth-order valence-electron chi connectivity index (χ4n) is 5.00. The van der Waals surface area contributed by atoms with E-state index in [1.54, 1.807) is 6.92 Å². The molecule has 1 aromatic heterocycles. The van der Waals surface area contributed by atoms with Gasteiger partial charge in [-0.2, -0.15) is 0 Å². The molecule has 2 heterocycles. The van der Waals surface area contributed by atoms with Gasteiger partial charge >= 0.3 is 7.40 Å². The molecule has 1 aliphatic rings. The van der Waals surface area contributed by atoms with Crippen molar-refractivity contribution in [1.29, 1.82) is 0 Å². The molecule has 170 valence electrons. The molecular formula is C27H35BF2N2. The molecular weight excluding hydrogens is 401 g/mol. The van der Waals surface area contributed by atoms with Crippen LogP contribution in [0, 0.1) is 13.8 Å². The minimum Gasteiger partial charge on any atom is -0.329 e. The second-order valence-electron chi connectivity index (χ2n) is 9.74. The first-order valence-corrected chi connectivity index (χ1v) is 11.5. The second kappa shape index (κ2) is 8.84. The van der Waals surface area contributed by atoms with Crippen LogP contribution in [0.2, 0.25) is 0 Å². The number of nitrogens with zero attached hydrogens (tertiary/aromatic N) is 2. The molecule has 2 aromatic rings. The third kappa shape index (κ3) is 4.02. The summed E-state index contributed by atoms with van der Waals surface area (Å²) >= 11 is 0. The average Bonchev–Trinajstić information content (AvgIpc) is 3.14. The number of halogens is 2. The highest BCUT2D eigenvalue weighted by molar-refractivity contribution is 6.41. The summed E-state index contributed by atoms with van der Waals surface area (Å²) in [5.41, 5.74) is 10.1. The lowest BCUT2D eigenvalue weighted by molar-refractivity contribution is 0.590. The molecule has 0 unspecified atom stereocenters. The Morgan fingerprint density at radius 2 is 1.56 bits per heavy atom. The van der Waals surface area contributed by atoms with Crippen LogP contribution in [0.25, 0.3) is 5.57 Å². The van der Waals surface area contributed by atoms with Gasteiger partial charge in [0.1, 0.15) is 0 Å². The van der Waals surface area contributed by atoms with Crippen LogP contribution in [0.3, 0.4) is 0 Å². The third-order valence-corrected chi connectivity index (χ3v) is 6.79. The molecule has 0 saturated heterocycles. The zero-order chi connectivity index (χ0) is 24.0. The highest BCUT2D eigenvalue weighted by atomic mass is 19.2. The van der Waals surface area contributed by atoms with E-state index < -0.39 is 7.40 Å². The average molecular weight is 436 g/mol. The van der Waals surface area contributed by atoms with Crippen molar-refractivity contribution >= 4 is 18.7 Å². The number of aliphatic imine (C=N–C) groups is 1. The summed E-state index contributed by atoms with van der Waals surface area (Å²) in [5, 5.41) is 0. The maximum atomic E-state index is 14.4. The van der Waals surface area contributed by atoms with Crippen molar-refractivity contribution in [2.24, 2.45) is 4.99 Å². The minimum atomic E-state index is -2.62. The van der Waals surface area contributed by atoms with E-state index in [0.717, 1.165) is 45.7 Å². The summed E-state index contributed by atoms with van der Waals surface area (Å²) in [5.74, 6) is 0. The van der Waals surface area contributed by atoms with Gasteiger partial charge in [0.05, 0.1) is 5.70 Å².